The van der Waals surface area contributed by atoms with Crippen LogP contribution in [-0.2, 0) is 4.79 Å². The van der Waals surface area contributed by atoms with Crippen LogP contribution in [0.3, 0.4) is 0 Å². The smallest absolute Gasteiger partial charge is 0.152 e. The van der Waals surface area contributed by atoms with E-state index in [1.54, 1.807) is 13.0 Å². The molecule has 0 N–H and O–H groups in total. The molecule has 0 rings (SSSR count). The van der Waals surface area contributed by atoms with Gasteiger partial charge >= 0.3 is 0 Å². The lowest BCUT2D eigenvalue weighted by Crippen LogP contribution is -1.88. The monoisotopic (exact) mass is 152 g/mol. The van der Waals surface area contributed by atoms with Crippen molar-refractivity contribution in [1.82, 2.24) is 0 Å². The van der Waals surface area contributed by atoms with Crippen molar-refractivity contribution in [2.75, 3.05) is 0 Å². The summed E-state index contributed by atoms with van der Waals surface area (Å²) in [6.07, 6.45) is 1.67. The zero-order valence-electron chi connectivity index (χ0n) is 7.99. The van der Waals surface area contributed by atoms with Gasteiger partial charge in [-0.15, -0.1) is 0 Å². The highest BCUT2D eigenvalue weighted by Gasteiger charge is 1.95. The number of allylic oxidation sites excluding steroid dienone is 4. The fourth-order valence-electron chi connectivity index (χ4n) is 0.807. The summed E-state index contributed by atoms with van der Waals surface area (Å²) >= 11 is 0. The average molecular weight is 152 g/mol. The minimum Gasteiger partial charge on any atom is -0.295 e. The second kappa shape index (κ2) is 4.12. The van der Waals surface area contributed by atoms with Gasteiger partial charge in [0.05, 0.1) is 0 Å². The zero-order chi connectivity index (χ0) is 9.02. The number of carbonyl (C=O) groups excluding carboxylic acids is 1. The van der Waals surface area contributed by atoms with E-state index in [0.717, 1.165) is 5.57 Å². The van der Waals surface area contributed by atoms with Crippen molar-refractivity contribution >= 4 is 5.78 Å². The normalized spacial score (nSPS) is 11.2. The predicted octanol–water partition coefficient (Wildman–Crippen LogP) is 2.88. The van der Waals surface area contributed by atoms with Gasteiger partial charge in [-0.2, -0.15) is 0 Å². The molecule has 0 spiro atoms. The van der Waals surface area contributed by atoms with Crippen LogP contribution < -0.4 is 0 Å². The fourth-order valence-corrected chi connectivity index (χ4v) is 0.807. The Morgan fingerprint density at radius 3 is 1.73 bits per heavy atom. The molecule has 62 valence electrons. The first-order valence-corrected chi connectivity index (χ1v) is 3.78. The summed E-state index contributed by atoms with van der Waals surface area (Å²) in [5.74, 6) is 0.114. The molecule has 0 aliphatic rings. The molecule has 0 aliphatic heterocycles. The van der Waals surface area contributed by atoms with Crippen molar-refractivity contribution in [3.8, 4) is 0 Å². The molecule has 1 heteroatoms. The van der Waals surface area contributed by atoms with Crippen molar-refractivity contribution in [2.24, 2.45) is 0 Å². The van der Waals surface area contributed by atoms with E-state index in [1.165, 1.54) is 11.1 Å². The van der Waals surface area contributed by atoms with Gasteiger partial charge in [0.25, 0.3) is 0 Å². The molecule has 0 saturated carbocycles. The molecule has 0 unspecified atom stereocenters. The van der Waals surface area contributed by atoms with Crippen LogP contribution in [0.5, 0.6) is 0 Å². The molecule has 0 aromatic heterocycles. The molecule has 0 amide bonds. The minimum atomic E-state index is 0.114. The maximum absolute atomic E-state index is 10.7. The van der Waals surface area contributed by atoms with E-state index in [2.05, 4.69) is 0 Å². The summed E-state index contributed by atoms with van der Waals surface area (Å²) in [5, 5.41) is 0. The van der Waals surface area contributed by atoms with Crippen LogP contribution in [0.4, 0.5) is 0 Å². The highest BCUT2D eigenvalue weighted by Crippen LogP contribution is 2.12. The number of hydrogen-bond acceptors (Lipinski definition) is 1. The van der Waals surface area contributed by atoms with Gasteiger partial charge in [0.2, 0.25) is 0 Å². The minimum absolute atomic E-state index is 0.114. The van der Waals surface area contributed by atoms with Crippen molar-refractivity contribution in [2.45, 2.75) is 34.6 Å². The summed E-state index contributed by atoms with van der Waals surface area (Å²) in [7, 11) is 0. The van der Waals surface area contributed by atoms with Gasteiger partial charge < -0.3 is 0 Å². The van der Waals surface area contributed by atoms with Gasteiger partial charge in [0, 0.05) is 0 Å². The molecule has 0 bridgehead atoms. The molecule has 0 fully saturated rings. The third-order valence-electron chi connectivity index (χ3n) is 1.76. The summed E-state index contributed by atoms with van der Waals surface area (Å²) in [6, 6.07) is 0. The Bertz CT molecular complexity index is 215. The zero-order valence-corrected chi connectivity index (χ0v) is 7.99. The Hall–Kier alpha value is -0.850. The number of hydrogen-bond donors (Lipinski definition) is 0. The second-order valence-electron chi connectivity index (χ2n) is 3.06. The average Bonchev–Trinajstić information content (AvgIpc) is 1.84. The van der Waals surface area contributed by atoms with Crippen LogP contribution in [0, 0.1) is 0 Å². The van der Waals surface area contributed by atoms with Crippen LogP contribution in [0.15, 0.2) is 22.8 Å². The Kier molecular flexibility index (Phi) is 3.80. The number of rotatable bonds is 2. The van der Waals surface area contributed by atoms with E-state index in [-0.39, 0.29) is 5.78 Å². The number of ketones is 1. The van der Waals surface area contributed by atoms with E-state index in [0.29, 0.717) is 0 Å². The molecule has 0 heterocycles. The van der Waals surface area contributed by atoms with Crippen molar-refractivity contribution in [3.05, 3.63) is 22.8 Å². The SMILES string of the molecule is CC(=O)/C=C(\C)C(C)=C(C)C. The van der Waals surface area contributed by atoms with Crippen molar-refractivity contribution in [3.63, 3.8) is 0 Å². The lowest BCUT2D eigenvalue weighted by Gasteiger charge is -2.02. The van der Waals surface area contributed by atoms with Gasteiger partial charge in [-0.3, -0.25) is 4.79 Å². The molecule has 0 aromatic carbocycles. The molecule has 0 saturated heterocycles. The standard InChI is InChI=1S/C10H16O/c1-7(2)10(5)8(3)6-9(4)11/h6H,1-5H3/b8-6+. The molecule has 1 nitrogen and oxygen atoms in total. The van der Waals surface area contributed by atoms with Crippen molar-refractivity contribution in [1.29, 1.82) is 0 Å². The van der Waals surface area contributed by atoms with Crippen molar-refractivity contribution < 1.29 is 4.79 Å². The van der Waals surface area contributed by atoms with Gasteiger partial charge in [-0.05, 0) is 51.8 Å². The van der Waals surface area contributed by atoms with Crippen LogP contribution in [0.1, 0.15) is 34.6 Å². The van der Waals surface area contributed by atoms with E-state index < -0.39 is 0 Å². The highest BCUT2D eigenvalue weighted by atomic mass is 16.1. The van der Waals surface area contributed by atoms with Gasteiger partial charge in [-0.1, -0.05) is 5.57 Å². The molecule has 11 heavy (non-hydrogen) atoms. The summed E-state index contributed by atoms with van der Waals surface area (Å²) < 4.78 is 0. The first-order chi connectivity index (χ1) is 4.95. The Labute approximate surface area is 68.8 Å². The van der Waals surface area contributed by atoms with Gasteiger partial charge in [0.1, 0.15) is 0 Å². The molecule has 0 aromatic rings. The fraction of sp³-hybridized carbons (Fsp3) is 0.500. The third kappa shape index (κ3) is 3.76. The maximum atomic E-state index is 10.7. The molecule has 0 aliphatic carbocycles. The molecular weight excluding hydrogens is 136 g/mol. The van der Waals surface area contributed by atoms with Crippen LogP contribution in [-0.4, -0.2) is 5.78 Å². The Balaban J connectivity index is 4.63. The lowest BCUT2D eigenvalue weighted by atomic mass is 10.0. The summed E-state index contributed by atoms with van der Waals surface area (Å²) in [5.41, 5.74) is 3.54. The quantitative estimate of drug-likeness (QED) is 0.439. The first-order valence-electron chi connectivity index (χ1n) is 3.78. The van der Waals surface area contributed by atoms with E-state index in [1.807, 2.05) is 27.7 Å². The van der Waals surface area contributed by atoms with Crippen LogP contribution in [0.25, 0.3) is 0 Å². The molecular formula is C10H16O. The van der Waals surface area contributed by atoms with E-state index in [9.17, 15) is 4.79 Å². The Morgan fingerprint density at radius 1 is 1.00 bits per heavy atom. The van der Waals surface area contributed by atoms with Gasteiger partial charge in [0.15, 0.2) is 5.78 Å². The van der Waals surface area contributed by atoms with Gasteiger partial charge in [-0.25, -0.2) is 0 Å². The summed E-state index contributed by atoms with van der Waals surface area (Å²) in [4.78, 5) is 10.7. The summed E-state index contributed by atoms with van der Waals surface area (Å²) in [6.45, 7) is 9.66. The van der Waals surface area contributed by atoms with Crippen LogP contribution >= 0.6 is 0 Å². The highest BCUT2D eigenvalue weighted by molar-refractivity contribution is 5.88. The molecule has 0 atom stereocenters. The lowest BCUT2D eigenvalue weighted by molar-refractivity contribution is -0.112. The van der Waals surface area contributed by atoms with E-state index >= 15 is 0 Å². The maximum Gasteiger partial charge on any atom is 0.152 e. The third-order valence-corrected chi connectivity index (χ3v) is 1.76. The van der Waals surface area contributed by atoms with E-state index in [4.69, 9.17) is 0 Å². The largest absolute Gasteiger partial charge is 0.295 e. The van der Waals surface area contributed by atoms with Crippen LogP contribution in [0.2, 0.25) is 0 Å². The first kappa shape index (κ1) is 10.2. The molecule has 0 radical (unpaired) electrons. The topological polar surface area (TPSA) is 17.1 Å². The Morgan fingerprint density at radius 2 is 1.45 bits per heavy atom. The number of carbonyl (C=O) groups is 1. The second-order valence-corrected chi connectivity index (χ2v) is 3.06. The predicted molar refractivity (Wildman–Crippen MR) is 48.5 cm³/mol.